The van der Waals surface area contributed by atoms with E-state index in [0.29, 0.717) is 23.7 Å². The molecule has 2 aliphatic rings. The summed E-state index contributed by atoms with van der Waals surface area (Å²) >= 11 is 0.872. The average Bonchev–Trinajstić information content (AvgIpc) is 3.26. The first kappa shape index (κ1) is 20.3. The standard InChI is InChI=1S/C21H22N4O4S/c1-21(2,3)29-19(27)15-5-4-8-25(15)17-13-9-12(6-7-14(13)22-11-23-17)10-16-18(26)24-20(28)30-16/h6-7,9-11,15H,4-5,8H2,1-3H3,(H,24,26,28)/b16-10+/t15-/m0/s1. The van der Waals surface area contributed by atoms with Crippen LogP contribution in [-0.2, 0) is 14.3 Å². The van der Waals surface area contributed by atoms with E-state index in [2.05, 4.69) is 15.3 Å². The molecule has 1 aromatic carbocycles. The second kappa shape index (κ2) is 7.71. The van der Waals surface area contributed by atoms with Gasteiger partial charge in [-0.3, -0.25) is 14.9 Å². The Bertz CT molecular complexity index is 1080. The van der Waals surface area contributed by atoms with Crippen LogP contribution in [0.3, 0.4) is 0 Å². The Hall–Kier alpha value is -2.94. The number of aromatic nitrogens is 2. The maximum Gasteiger partial charge on any atom is 0.329 e. The Balaban J connectivity index is 1.70. The highest BCUT2D eigenvalue weighted by Crippen LogP contribution is 2.32. The first-order chi connectivity index (χ1) is 14.2. The third kappa shape index (κ3) is 4.16. The van der Waals surface area contributed by atoms with Gasteiger partial charge in [-0.1, -0.05) is 6.07 Å². The predicted molar refractivity (Wildman–Crippen MR) is 115 cm³/mol. The van der Waals surface area contributed by atoms with Crippen molar-refractivity contribution in [2.45, 2.75) is 45.3 Å². The average molecular weight is 426 g/mol. The van der Waals surface area contributed by atoms with E-state index < -0.39 is 17.6 Å². The van der Waals surface area contributed by atoms with Gasteiger partial charge in [-0.25, -0.2) is 14.8 Å². The number of esters is 1. The van der Waals surface area contributed by atoms with Crippen molar-refractivity contribution in [1.29, 1.82) is 0 Å². The van der Waals surface area contributed by atoms with Crippen LogP contribution in [0, 0.1) is 0 Å². The van der Waals surface area contributed by atoms with Crippen molar-refractivity contribution in [1.82, 2.24) is 15.3 Å². The SMILES string of the molecule is CC(C)(C)OC(=O)[C@@H]1CCCN1c1ncnc2ccc(/C=C3/SC(=O)NC3=O)cc12. The number of anilines is 1. The summed E-state index contributed by atoms with van der Waals surface area (Å²) in [7, 11) is 0. The van der Waals surface area contributed by atoms with Crippen LogP contribution in [0.4, 0.5) is 10.6 Å². The fourth-order valence-corrected chi connectivity index (χ4v) is 4.27. The Morgan fingerprint density at radius 3 is 2.80 bits per heavy atom. The number of rotatable bonds is 3. The summed E-state index contributed by atoms with van der Waals surface area (Å²) in [6, 6.07) is 5.14. The molecule has 2 aromatic rings. The molecule has 156 valence electrons. The second-order valence-electron chi connectivity index (χ2n) is 8.21. The highest BCUT2D eigenvalue weighted by molar-refractivity contribution is 8.18. The zero-order valence-corrected chi connectivity index (χ0v) is 17.8. The van der Waals surface area contributed by atoms with Gasteiger partial charge in [-0.05, 0) is 69.1 Å². The van der Waals surface area contributed by atoms with E-state index in [4.69, 9.17) is 4.74 Å². The van der Waals surface area contributed by atoms with E-state index in [1.165, 1.54) is 6.33 Å². The Kier molecular flexibility index (Phi) is 5.23. The minimum Gasteiger partial charge on any atom is -0.458 e. The van der Waals surface area contributed by atoms with Crippen LogP contribution in [0.1, 0.15) is 39.2 Å². The number of carbonyl (C=O) groups is 3. The number of carbonyl (C=O) groups excluding carboxylic acids is 3. The molecule has 2 aliphatic heterocycles. The highest BCUT2D eigenvalue weighted by atomic mass is 32.2. The molecule has 1 aromatic heterocycles. The Morgan fingerprint density at radius 1 is 1.30 bits per heavy atom. The summed E-state index contributed by atoms with van der Waals surface area (Å²) in [4.78, 5) is 47.1. The van der Waals surface area contributed by atoms with Crippen LogP contribution in [0.5, 0.6) is 0 Å². The number of fused-ring (bicyclic) bond motifs is 1. The van der Waals surface area contributed by atoms with Crippen LogP contribution in [0.15, 0.2) is 29.4 Å². The number of nitrogens with zero attached hydrogens (tertiary/aromatic N) is 3. The van der Waals surface area contributed by atoms with Crippen LogP contribution in [0.25, 0.3) is 17.0 Å². The maximum absolute atomic E-state index is 12.7. The van der Waals surface area contributed by atoms with E-state index in [-0.39, 0.29) is 11.2 Å². The summed E-state index contributed by atoms with van der Waals surface area (Å²) in [5.41, 5.74) is 0.922. The molecule has 3 heterocycles. The lowest BCUT2D eigenvalue weighted by molar-refractivity contribution is -0.156. The van der Waals surface area contributed by atoms with E-state index in [0.717, 1.165) is 34.6 Å². The summed E-state index contributed by atoms with van der Waals surface area (Å²) in [6.45, 7) is 6.25. The van der Waals surface area contributed by atoms with Crippen molar-refractivity contribution in [3.8, 4) is 0 Å². The van der Waals surface area contributed by atoms with Crippen LogP contribution in [0.2, 0.25) is 0 Å². The molecule has 1 N–H and O–H groups in total. The van der Waals surface area contributed by atoms with Gasteiger partial charge in [0.15, 0.2) is 0 Å². The van der Waals surface area contributed by atoms with Gasteiger partial charge in [0.25, 0.3) is 11.1 Å². The predicted octanol–water partition coefficient (Wildman–Crippen LogP) is 3.26. The van der Waals surface area contributed by atoms with Crippen molar-refractivity contribution in [2.24, 2.45) is 0 Å². The van der Waals surface area contributed by atoms with Crippen LogP contribution in [-0.4, -0.2) is 45.3 Å². The normalized spacial score (nSPS) is 20.8. The van der Waals surface area contributed by atoms with E-state index >= 15 is 0 Å². The third-order valence-electron chi connectivity index (χ3n) is 4.78. The van der Waals surface area contributed by atoms with E-state index in [1.807, 2.05) is 43.9 Å². The lowest BCUT2D eigenvalue weighted by Gasteiger charge is -2.28. The summed E-state index contributed by atoms with van der Waals surface area (Å²) < 4.78 is 5.61. The van der Waals surface area contributed by atoms with Gasteiger partial charge in [-0.15, -0.1) is 0 Å². The molecule has 8 nitrogen and oxygen atoms in total. The molecule has 9 heteroatoms. The monoisotopic (exact) mass is 426 g/mol. The van der Waals surface area contributed by atoms with Crippen molar-refractivity contribution >= 4 is 51.7 Å². The van der Waals surface area contributed by atoms with Crippen molar-refractivity contribution < 1.29 is 19.1 Å². The van der Waals surface area contributed by atoms with Gasteiger partial charge in [0.2, 0.25) is 0 Å². The molecule has 1 atom stereocenters. The zero-order chi connectivity index (χ0) is 21.5. The second-order valence-corrected chi connectivity index (χ2v) is 9.23. The van der Waals surface area contributed by atoms with E-state index in [1.54, 1.807) is 6.08 Å². The lowest BCUT2D eigenvalue weighted by Crippen LogP contribution is -2.41. The summed E-state index contributed by atoms with van der Waals surface area (Å²) in [5, 5.41) is 2.64. The zero-order valence-electron chi connectivity index (χ0n) is 17.0. The van der Waals surface area contributed by atoms with E-state index in [9.17, 15) is 14.4 Å². The summed E-state index contributed by atoms with van der Waals surface area (Å²) in [6.07, 6.45) is 4.71. The molecule has 0 bridgehead atoms. The van der Waals surface area contributed by atoms with Crippen LogP contribution >= 0.6 is 11.8 Å². The molecule has 2 fully saturated rings. The molecule has 0 aliphatic carbocycles. The first-order valence-electron chi connectivity index (χ1n) is 9.70. The van der Waals surface area contributed by atoms with Gasteiger partial charge >= 0.3 is 5.97 Å². The molecular formula is C21H22N4O4S. The molecule has 2 amide bonds. The van der Waals surface area contributed by atoms with Crippen molar-refractivity contribution in [3.05, 3.63) is 35.0 Å². The van der Waals surface area contributed by atoms with Gasteiger partial charge < -0.3 is 9.64 Å². The van der Waals surface area contributed by atoms with Crippen molar-refractivity contribution in [2.75, 3.05) is 11.4 Å². The Labute approximate surface area is 178 Å². The number of benzene rings is 1. The quantitative estimate of drug-likeness (QED) is 0.589. The Morgan fingerprint density at radius 2 is 2.10 bits per heavy atom. The number of thioether (sulfide) groups is 1. The molecule has 2 saturated heterocycles. The molecule has 0 saturated carbocycles. The van der Waals surface area contributed by atoms with Gasteiger partial charge in [-0.2, -0.15) is 0 Å². The number of imide groups is 1. The first-order valence-corrected chi connectivity index (χ1v) is 10.5. The van der Waals surface area contributed by atoms with Gasteiger partial charge in [0, 0.05) is 11.9 Å². The lowest BCUT2D eigenvalue weighted by atomic mass is 10.1. The number of hydrogen-bond donors (Lipinski definition) is 1. The fraction of sp³-hybridized carbons (Fsp3) is 0.381. The maximum atomic E-state index is 12.7. The smallest absolute Gasteiger partial charge is 0.329 e. The number of nitrogens with one attached hydrogen (secondary N) is 1. The third-order valence-corrected chi connectivity index (χ3v) is 5.59. The highest BCUT2D eigenvalue weighted by Gasteiger charge is 2.35. The fourth-order valence-electron chi connectivity index (χ4n) is 3.59. The number of amides is 2. The molecule has 0 spiro atoms. The van der Waals surface area contributed by atoms with Gasteiger partial charge in [0.1, 0.15) is 23.8 Å². The molecule has 0 unspecified atom stereocenters. The number of hydrogen-bond acceptors (Lipinski definition) is 8. The molecular weight excluding hydrogens is 404 g/mol. The molecule has 0 radical (unpaired) electrons. The largest absolute Gasteiger partial charge is 0.458 e. The minimum absolute atomic E-state index is 0.262. The number of ether oxygens (including phenoxy) is 1. The van der Waals surface area contributed by atoms with Crippen LogP contribution < -0.4 is 10.2 Å². The molecule has 30 heavy (non-hydrogen) atoms. The minimum atomic E-state index is -0.560. The summed E-state index contributed by atoms with van der Waals surface area (Å²) in [5.74, 6) is -0.00468. The topological polar surface area (TPSA) is 101 Å². The van der Waals surface area contributed by atoms with Crippen molar-refractivity contribution in [3.63, 3.8) is 0 Å². The van der Waals surface area contributed by atoms with Gasteiger partial charge in [0.05, 0.1) is 10.4 Å². The molecule has 4 rings (SSSR count).